The van der Waals surface area contributed by atoms with Crippen molar-refractivity contribution in [2.45, 2.75) is 61.6 Å². The highest BCUT2D eigenvalue weighted by Gasteiger charge is 2.52. The second-order valence-electron chi connectivity index (χ2n) is 11.3. The smallest absolute Gasteiger partial charge is 0.253 e. The second-order valence-corrected chi connectivity index (χ2v) is 14.3. The number of hydrogen-bond donors (Lipinski definition) is 0. The molecular weight excluding hydrogens is 612 g/mol. The van der Waals surface area contributed by atoms with Crippen LogP contribution in [0.4, 0.5) is 10.1 Å². The summed E-state index contributed by atoms with van der Waals surface area (Å²) in [5.41, 5.74) is 1.40. The van der Waals surface area contributed by atoms with E-state index in [-0.39, 0.29) is 24.6 Å². The normalized spacial score (nSPS) is 23.1. The van der Waals surface area contributed by atoms with Crippen molar-refractivity contribution in [1.82, 2.24) is 4.90 Å². The van der Waals surface area contributed by atoms with Crippen LogP contribution in [0.3, 0.4) is 0 Å². The van der Waals surface area contributed by atoms with Gasteiger partial charge >= 0.3 is 0 Å². The number of carbonyl (C=O) groups is 1. The van der Waals surface area contributed by atoms with Crippen LogP contribution in [0.2, 0.25) is 10.0 Å². The average Bonchev–Trinajstić information content (AvgIpc) is 3.90. The third-order valence-corrected chi connectivity index (χ3v) is 11.1. The number of hydrogen-bond acceptors (Lipinski definition) is 5. The summed E-state index contributed by atoms with van der Waals surface area (Å²) in [5, 5.41) is 10.0. The third kappa shape index (κ3) is 6.12. The van der Waals surface area contributed by atoms with Crippen molar-refractivity contribution in [3.63, 3.8) is 0 Å². The fourth-order valence-corrected chi connectivity index (χ4v) is 8.14. The Labute approximate surface area is 260 Å². The minimum atomic E-state index is -3.91. The van der Waals surface area contributed by atoms with Gasteiger partial charge in [0.1, 0.15) is 18.0 Å². The van der Waals surface area contributed by atoms with E-state index in [9.17, 15) is 18.5 Å². The van der Waals surface area contributed by atoms with Crippen LogP contribution >= 0.6 is 23.2 Å². The van der Waals surface area contributed by atoms with Crippen LogP contribution in [-0.2, 0) is 19.6 Å². The largest absolute Gasteiger partial charge is 0.357 e. The van der Waals surface area contributed by atoms with E-state index in [2.05, 4.69) is 6.07 Å². The molecule has 0 unspecified atom stereocenters. The Bertz CT molecular complexity index is 1660. The van der Waals surface area contributed by atoms with E-state index in [1.54, 1.807) is 41.3 Å². The Morgan fingerprint density at radius 1 is 0.977 bits per heavy atom. The molecule has 0 aromatic heterocycles. The molecular formula is C32H30Cl2FN3O4S. The van der Waals surface area contributed by atoms with Gasteiger partial charge in [0.15, 0.2) is 0 Å². The molecule has 3 aromatic carbocycles. The van der Waals surface area contributed by atoms with Gasteiger partial charge < -0.3 is 9.64 Å². The number of amides is 1. The molecule has 1 amide bonds. The lowest BCUT2D eigenvalue weighted by Crippen LogP contribution is -2.58. The summed E-state index contributed by atoms with van der Waals surface area (Å²) < 4.78 is 50.4. The zero-order valence-corrected chi connectivity index (χ0v) is 25.5. The number of anilines is 1. The van der Waals surface area contributed by atoms with Gasteiger partial charge in [0.05, 0.1) is 42.1 Å². The highest BCUT2D eigenvalue weighted by atomic mass is 35.5. The summed E-state index contributed by atoms with van der Waals surface area (Å²) in [6.45, 7) is -0.123. The van der Waals surface area contributed by atoms with E-state index in [4.69, 9.17) is 27.9 Å². The van der Waals surface area contributed by atoms with E-state index in [0.717, 1.165) is 18.4 Å². The van der Waals surface area contributed by atoms with E-state index in [1.165, 1.54) is 22.5 Å². The first-order chi connectivity index (χ1) is 20.7. The van der Waals surface area contributed by atoms with E-state index < -0.39 is 51.3 Å². The molecule has 2 saturated carbocycles. The van der Waals surface area contributed by atoms with Crippen LogP contribution in [0.25, 0.3) is 0 Å². The topological polar surface area (TPSA) is 90.7 Å². The minimum Gasteiger partial charge on any atom is -0.357 e. The second kappa shape index (κ2) is 12.1. The fourth-order valence-electron chi connectivity index (χ4n) is 5.94. The monoisotopic (exact) mass is 641 g/mol. The summed E-state index contributed by atoms with van der Waals surface area (Å²) >= 11 is 12.6. The average molecular weight is 643 g/mol. The van der Waals surface area contributed by atoms with Crippen LogP contribution in [-0.4, -0.2) is 43.2 Å². The lowest BCUT2D eigenvalue weighted by atomic mass is 9.89. The number of nitrogens with zero attached hydrogens (tertiary/aromatic N) is 3. The maximum absolute atomic E-state index is 15.2. The Hall–Kier alpha value is -3.16. The number of carbonyl (C=O) groups excluding carboxylic acids is 1. The quantitative estimate of drug-likeness (QED) is 0.242. The Balaban J connectivity index is 1.50. The molecule has 1 heterocycles. The van der Waals surface area contributed by atoms with E-state index in [1.807, 2.05) is 18.2 Å². The molecule has 0 radical (unpaired) electrons. The summed E-state index contributed by atoms with van der Waals surface area (Å²) in [6, 6.07) is 20.8. The van der Waals surface area contributed by atoms with Crippen LogP contribution < -0.4 is 4.31 Å². The van der Waals surface area contributed by atoms with Gasteiger partial charge in [-0.1, -0.05) is 59.6 Å². The van der Waals surface area contributed by atoms with Crippen LogP contribution in [0.15, 0.2) is 72.8 Å². The summed E-state index contributed by atoms with van der Waals surface area (Å²) in [7, 11) is -3.91. The van der Waals surface area contributed by atoms with Crippen molar-refractivity contribution in [2.24, 2.45) is 5.92 Å². The van der Waals surface area contributed by atoms with Crippen LogP contribution in [0, 0.1) is 23.1 Å². The summed E-state index contributed by atoms with van der Waals surface area (Å²) in [5.74, 6) is -1.08. The fraction of sp³-hybridized carbons (Fsp3) is 0.375. The molecule has 3 aliphatic rings. The van der Waals surface area contributed by atoms with Gasteiger partial charge in [0, 0.05) is 10.0 Å². The maximum atomic E-state index is 15.2. The molecule has 7 nitrogen and oxygen atoms in total. The molecule has 11 heteroatoms. The molecule has 6 rings (SSSR count). The van der Waals surface area contributed by atoms with Gasteiger partial charge in [0.25, 0.3) is 5.91 Å². The Morgan fingerprint density at radius 2 is 1.70 bits per heavy atom. The lowest BCUT2D eigenvalue weighted by Gasteiger charge is -2.49. The molecule has 0 spiro atoms. The first-order valence-corrected chi connectivity index (χ1v) is 16.6. The number of benzene rings is 3. The Kier molecular flexibility index (Phi) is 8.40. The molecule has 3 aromatic rings. The van der Waals surface area contributed by atoms with Crippen LogP contribution in [0.1, 0.15) is 55.4 Å². The molecule has 43 heavy (non-hydrogen) atoms. The number of nitriles is 1. The van der Waals surface area contributed by atoms with Crippen molar-refractivity contribution in [3.05, 3.63) is 99.8 Å². The number of rotatable bonds is 10. The molecule has 1 saturated heterocycles. The van der Waals surface area contributed by atoms with Crippen molar-refractivity contribution < 1.29 is 22.3 Å². The summed E-state index contributed by atoms with van der Waals surface area (Å²) in [4.78, 5) is 16.0. The molecule has 224 valence electrons. The van der Waals surface area contributed by atoms with Crippen molar-refractivity contribution in [2.75, 3.05) is 10.8 Å². The molecule has 1 aliphatic heterocycles. The molecule has 2 aliphatic carbocycles. The van der Waals surface area contributed by atoms with Gasteiger partial charge in [-0.25, -0.2) is 12.8 Å². The zero-order valence-electron chi connectivity index (χ0n) is 23.2. The van der Waals surface area contributed by atoms with Crippen molar-refractivity contribution in [1.29, 1.82) is 5.26 Å². The lowest BCUT2D eigenvalue weighted by molar-refractivity contribution is -0.179. The van der Waals surface area contributed by atoms with Gasteiger partial charge in [0.2, 0.25) is 10.0 Å². The molecule has 0 N–H and O–H groups in total. The zero-order chi connectivity index (χ0) is 30.3. The number of para-hydroxylation sites is 1. The maximum Gasteiger partial charge on any atom is 0.253 e. The van der Waals surface area contributed by atoms with E-state index >= 15 is 4.39 Å². The first-order valence-electron chi connectivity index (χ1n) is 14.3. The number of ether oxygens (including phenoxy) is 1. The number of sulfonamides is 1. The van der Waals surface area contributed by atoms with E-state index in [0.29, 0.717) is 28.5 Å². The van der Waals surface area contributed by atoms with Gasteiger partial charge in [-0.15, -0.1) is 0 Å². The first kappa shape index (κ1) is 29.9. The van der Waals surface area contributed by atoms with Crippen molar-refractivity contribution in [3.8, 4) is 6.07 Å². The summed E-state index contributed by atoms with van der Waals surface area (Å²) in [6.07, 6.45) is 0.580. The minimum absolute atomic E-state index is 0.0247. The van der Waals surface area contributed by atoms with Gasteiger partial charge in [-0.05, 0) is 79.1 Å². The predicted molar refractivity (Wildman–Crippen MR) is 163 cm³/mol. The van der Waals surface area contributed by atoms with Crippen LogP contribution in [0.5, 0.6) is 0 Å². The standard InChI is InChI=1S/C32H30Cl2FN3O4S/c33-23-12-10-21(11-13-23)30-31(22-4-3-5-24(34)18-22)42-29(16-17-36)32(39)38(30)28(20-8-9-20)19-37(43(40,41)25-14-15-25)27-7-2-1-6-26(27)35/h1-7,10-13,18,20,25,28-31H,8-9,14-16,19H2/t28-,29-,30-,31-/m1/s1. The Morgan fingerprint density at radius 3 is 2.33 bits per heavy atom. The highest BCUT2D eigenvalue weighted by Crippen LogP contribution is 2.49. The molecule has 4 atom stereocenters. The van der Waals surface area contributed by atoms with Gasteiger partial charge in [-0.3, -0.25) is 9.10 Å². The number of morpholine rings is 1. The molecule has 0 bridgehead atoms. The molecule has 3 fully saturated rings. The van der Waals surface area contributed by atoms with Crippen molar-refractivity contribution >= 4 is 44.8 Å². The van der Waals surface area contributed by atoms with Gasteiger partial charge in [-0.2, -0.15) is 5.26 Å². The SMILES string of the molecule is N#CC[C@H]1O[C@H](c2cccc(Cl)c2)[C@@H](c2ccc(Cl)cc2)N([C@H](CN(c2ccccc2F)S(=O)(=O)C2CC2)C2CC2)C1=O. The predicted octanol–water partition coefficient (Wildman–Crippen LogP) is 6.83. The third-order valence-electron chi connectivity index (χ3n) is 8.34. The number of halogens is 3. The highest BCUT2D eigenvalue weighted by molar-refractivity contribution is 7.93.